The molecule has 0 saturated carbocycles. The topological polar surface area (TPSA) is 45.5 Å². The molecule has 0 saturated heterocycles. The number of aryl methyl sites for hydroxylation is 1. The molecular weight excluding hydrogens is 152 g/mol. The van der Waals surface area contributed by atoms with Crippen LogP contribution in [-0.4, -0.2) is 15.9 Å². The number of rotatable bonds is 0. The molecular formula is C9H10N2O. The normalized spacial score (nSPS) is 19.2. The fourth-order valence-corrected chi connectivity index (χ4v) is 1.59. The van der Waals surface area contributed by atoms with E-state index in [-0.39, 0.29) is 0 Å². The largest absolute Gasteiger partial charge is 0.411 e. The van der Waals surface area contributed by atoms with Gasteiger partial charge in [-0.25, -0.2) is 0 Å². The van der Waals surface area contributed by atoms with Gasteiger partial charge in [0.05, 0.1) is 5.71 Å². The van der Waals surface area contributed by atoms with E-state index in [1.807, 2.05) is 12.3 Å². The van der Waals surface area contributed by atoms with Crippen LogP contribution in [0.5, 0.6) is 0 Å². The van der Waals surface area contributed by atoms with E-state index in [2.05, 4.69) is 10.1 Å². The monoisotopic (exact) mass is 162 g/mol. The summed E-state index contributed by atoms with van der Waals surface area (Å²) in [6.07, 6.45) is 6.54. The molecule has 0 amide bonds. The minimum absolute atomic E-state index is 0.790. The lowest BCUT2D eigenvalue weighted by atomic mass is 9.92. The van der Waals surface area contributed by atoms with Crippen LogP contribution in [0.15, 0.2) is 23.6 Å². The fraction of sp³-hybridized carbons (Fsp3) is 0.333. The van der Waals surface area contributed by atoms with Crippen LogP contribution in [0, 0.1) is 0 Å². The maximum atomic E-state index is 8.71. The van der Waals surface area contributed by atoms with Gasteiger partial charge in [0.25, 0.3) is 0 Å². The molecule has 1 aliphatic rings. The lowest BCUT2D eigenvalue weighted by Gasteiger charge is -2.14. The Balaban J connectivity index is 2.51. The Hall–Kier alpha value is -1.38. The number of hydrogen-bond acceptors (Lipinski definition) is 3. The Morgan fingerprint density at radius 2 is 2.33 bits per heavy atom. The van der Waals surface area contributed by atoms with Crippen molar-refractivity contribution in [2.45, 2.75) is 19.3 Å². The first kappa shape index (κ1) is 7.28. The number of hydrogen-bond donors (Lipinski definition) is 1. The summed E-state index contributed by atoms with van der Waals surface area (Å²) in [6.45, 7) is 0. The highest BCUT2D eigenvalue weighted by Crippen LogP contribution is 2.19. The summed E-state index contributed by atoms with van der Waals surface area (Å²) in [5.74, 6) is 0. The molecule has 1 aromatic heterocycles. The third-order valence-corrected chi connectivity index (χ3v) is 2.19. The van der Waals surface area contributed by atoms with Crippen molar-refractivity contribution in [2.24, 2.45) is 5.16 Å². The van der Waals surface area contributed by atoms with Gasteiger partial charge in [0.15, 0.2) is 0 Å². The zero-order chi connectivity index (χ0) is 8.39. The quantitative estimate of drug-likeness (QED) is 0.465. The van der Waals surface area contributed by atoms with Crippen molar-refractivity contribution in [3.8, 4) is 0 Å². The summed E-state index contributed by atoms with van der Waals surface area (Å²) in [7, 11) is 0. The van der Waals surface area contributed by atoms with Gasteiger partial charge in [-0.15, -0.1) is 0 Å². The lowest BCUT2D eigenvalue weighted by Crippen LogP contribution is -2.11. The SMILES string of the molecule is O/N=C1\CCCc2cnccc21. The summed E-state index contributed by atoms with van der Waals surface area (Å²) in [4.78, 5) is 4.03. The first-order valence-electron chi connectivity index (χ1n) is 4.06. The van der Waals surface area contributed by atoms with E-state index in [4.69, 9.17) is 5.21 Å². The molecule has 1 aromatic rings. The van der Waals surface area contributed by atoms with Gasteiger partial charge in [0.2, 0.25) is 0 Å². The number of nitrogens with zero attached hydrogens (tertiary/aromatic N) is 2. The van der Waals surface area contributed by atoms with Crippen LogP contribution in [0.2, 0.25) is 0 Å². The number of pyridine rings is 1. The Bertz CT molecular complexity index is 320. The second kappa shape index (κ2) is 2.93. The molecule has 0 spiro atoms. The van der Waals surface area contributed by atoms with Gasteiger partial charge >= 0.3 is 0 Å². The van der Waals surface area contributed by atoms with Gasteiger partial charge in [-0.1, -0.05) is 5.16 Å². The summed E-state index contributed by atoms with van der Waals surface area (Å²) in [5, 5.41) is 12.0. The van der Waals surface area contributed by atoms with Crippen LogP contribution in [0.25, 0.3) is 0 Å². The zero-order valence-electron chi connectivity index (χ0n) is 6.70. The van der Waals surface area contributed by atoms with E-state index in [9.17, 15) is 0 Å². The number of oxime groups is 1. The van der Waals surface area contributed by atoms with Gasteiger partial charge in [-0.3, -0.25) is 4.98 Å². The smallest absolute Gasteiger partial charge is 0.0871 e. The molecule has 0 aliphatic heterocycles. The average molecular weight is 162 g/mol. The first-order chi connectivity index (χ1) is 5.92. The zero-order valence-corrected chi connectivity index (χ0v) is 6.70. The summed E-state index contributed by atoms with van der Waals surface area (Å²) >= 11 is 0. The second-order valence-corrected chi connectivity index (χ2v) is 2.93. The van der Waals surface area contributed by atoms with Crippen molar-refractivity contribution in [1.82, 2.24) is 4.98 Å². The molecule has 0 aromatic carbocycles. The van der Waals surface area contributed by atoms with E-state index in [1.165, 1.54) is 5.56 Å². The standard InChI is InChI=1S/C9H10N2O/c12-11-9-3-1-2-7-6-10-5-4-8(7)9/h4-6,12H,1-3H2/b11-9+. The maximum Gasteiger partial charge on any atom is 0.0871 e. The molecule has 62 valence electrons. The maximum absolute atomic E-state index is 8.71. The average Bonchev–Trinajstić information content (AvgIpc) is 2.17. The predicted molar refractivity (Wildman–Crippen MR) is 45.5 cm³/mol. The van der Waals surface area contributed by atoms with Gasteiger partial charge in [0, 0.05) is 18.0 Å². The molecule has 12 heavy (non-hydrogen) atoms. The number of aromatic nitrogens is 1. The van der Waals surface area contributed by atoms with Gasteiger partial charge in [-0.2, -0.15) is 0 Å². The van der Waals surface area contributed by atoms with E-state index >= 15 is 0 Å². The fourth-order valence-electron chi connectivity index (χ4n) is 1.59. The van der Waals surface area contributed by atoms with Crippen molar-refractivity contribution in [1.29, 1.82) is 0 Å². The highest BCUT2D eigenvalue weighted by atomic mass is 16.4. The molecule has 3 nitrogen and oxygen atoms in total. The Morgan fingerprint density at radius 1 is 1.42 bits per heavy atom. The molecule has 3 heteroatoms. The third kappa shape index (κ3) is 1.07. The summed E-state index contributed by atoms with van der Waals surface area (Å²) in [5.41, 5.74) is 3.04. The van der Waals surface area contributed by atoms with Crippen LogP contribution in [0.3, 0.4) is 0 Å². The molecule has 1 aliphatic carbocycles. The van der Waals surface area contributed by atoms with E-state index < -0.39 is 0 Å². The van der Waals surface area contributed by atoms with Crippen LogP contribution in [0.1, 0.15) is 24.0 Å². The lowest BCUT2D eigenvalue weighted by molar-refractivity contribution is 0.317. The summed E-state index contributed by atoms with van der Waals surface area (Å²) in [6, 6.07) is 1.91. The minimum atomic E-state index is 0.790. The van der Waals surface area contributed by atoms with E-state index in [1.54, 1.807) is 6.20 Å². The van der Waals surface area contributed by atoms with Crippen molar-refractivity contribution in [2.75, 3.05) is 0 Å². The molecule has 0 unspecified atom stereocenters. The molecule has 2 rings (SSSR count). The van der Waals surface area contributed by atoms with Gasteiger partial charge in [0.1, 0.15) is 0 Å². The van der Waals surface area contributed by atoms with Crippen molar-refractivity contribution < 1.29 is 5.21 Å². The Labute approximate surface area is 70.7 Å². The predicted octanol–water partition coefficient (Wildman–Crippen LogP) is 1.60. The van der Waals surface area contributed by atoms with Crippen LogP contribution >= 0.6 is 0 Å². The minimum Gasteiger partial charge on any atom is -0.411 e. The molecule has 0 radical (unpaired) electrons. The van der Waals surface area contributed by atoms with Crippen LogP contribution < -0.4 is 0 Å². The van der Waals surface area contributed by atoms with Gasteiger partial charge in [-0.05, 0) is 30.9 Å². The molecule has 0 atom stereocenters. The van der Waals surface area contributed by atoms with Crippen LogP contribution in [0.4, 0.5) is 0 Å². The van der Waals surface area contributed by atoms with Crippen molar-refractivity contribution in [3.05, 3.63) is 29.6 Å². The second-order valence-electron chi connectivity index (χ2n) is 2.93. The highest BCUT2D eigenvalue weighted by Gasteiger charge is 2.14. The van der Waals surface area contributed by atoms with Crippen molar-refractivity contribution in [3.63, 3.8) is 0 Å². The Kier molecular flexibility index (Phi) is 1.78. The summed E-state index contributed by atoms with van der Waals surface area (Å²) < 4.78 is 0. The first-order valence-corrected chi connectivity index (χ1v) is 4.06. The molecule has 1 heterocycles. The van der Waals surface area contributed by atoms with Crippen molar-refractivity contribution >= 4 is 5.71 Å². The Morgan fingerprint density at radius 3 is 3.17 bits per heavy atom. The third-order valence-electron chi connectivity index (χ3n) is 2.19. The van der Waals surface area contributed by atoms with E-state index in [0.717, 1.165) is 30.5 Å². The number of fused-ring (bicyclic) bond motifs is 1. The van der Waals surface area contributed by atoms with E-state index in [0.29, 0.717) is 0 Å². The molecule has 0 bridgehead atoms. The van der Waals surface area contributed by atoms with Gasteiger partial charge < -0.3 is 5.21 Å². The molecule has 1 N–H and O–H groups in total. The highest BCUT2D eigenvalue weighted by molar-refractivity contribution is 6.02. The van der Waals surface area contributed by atoms with Crippen LogP contribution in [-0.2, 0) is 6.42 Å². The molecule has 0 fully saturated rings.